The van der Waals surface area contributed by atoms with E-state index < -0.39 is 15.9 Å². The lowest BCUT2D eigenvalue weighted by Crippen LogP contribution is -2.37. The van der Waals surface area contributed by atoms with Crippen molar-refractivity contribution < 1.29 is 17.9 Å². The third-order valence-corrected chi connectivity index (χ3v) is 4.81. The zero-order valence-electron chi connectivity index (χ0n) is 16.3. The fraction of sp³-hybridized carbons (Fsp3) is 0.350. The van der Waals surface area contributed by atoms with Crippen LogP contribution in [0.1, 0.15) is 25.0 Å². The molecule has 0 aliphatic carbocycles. The number of rotatable bonds is 7. The average Bonchev–Trinajstić information content (AvgIpc) is 2.50. The Labute approximate surface area is 161 Å². The van der Waals surface area contributed by atoms with Crippen LogP contribution in [0.5, 0.6) is 5.75 Å². The molecule has 0 spiro atoms. The monoisotopic (exact) mass is 390 g/mol. The molecule has 0 radical (unpaired) electrons. The second-order valence-electron chi connectivity index (χ2n) is 6.86. The lowest BCUT2D eigenvalue weighted by Gasteiger charge is -2.23. The Balaban J connectivity index is 2.20. The van der Waals surface area contributed by atoms with Gasteiger partial charge in [-0.15, -0.1) is 0 Å². The van der Waals surface area contributed by atoms with Gasteiger partial charge in [0.05, 0.1) is 18.0 Å². The van der Waals surface area contributed by atoms with E-state index in [1.165, 1.54) is 0 Å². The van der Waals surface area contributed by atoms with Gasteiger partial charge in [-0.3, -0.25) is 9.10 Å². The van der Waals surface area contributed by atoms with E-state index >= 15 is 0 Å². The van der Waals surface area contributed by atoms with Crippen molar-refractivity contribution in [3.8, 4) is 5.75 Å². The summed E-state index contributed by atoms with van der Waals surface area (Å²) in [6, 6.07) is 12.5. The molecule has 1 amide bonds. The summed E-state index contributed by atoms with van der Waals surface area (Å²) in [6.45, 7) is 7.30. The molecule has 0 aromatic heterocycles. The molecular weight excluding hydrogens is 364 g/mol. The lowest BCUT2D eigenvalue weighted by molar-refractivity contribution is -0.114. The molecule has 2 aromatic rings. The molecule has 0 saturated heterocycles. The van der Waals surface area contributed by atoms with E-state index in [1.54, 1.807) is 36.4 Å². The number of carbonyl (C=O) groups excluding carboxylic acids is 1. The first kappa shape index (κ1) is 20.8. The maximum atomic E-state index is 12.5. The quantitative estimate of drug-likeness (QED) is 0.785. The maximum Gasteiger partial charge on any atom is 0.245 e. The van der Waals surface area contributed by atoms with Crippen LogP contribution in [0.4, 0.5) is 11.4 Å². The van der Waals surface area contributed by atoms with Crippen molar-refractivity contribution >= 4 is 27.3 Å². The number of hydrogen-bond acceptors (Lipinski definition) is 4. The van der Waals surface area contributed by atoms with E-state index in [9.17, 15) is 13.2 Å². The molecule has 0 unspecified atom stereocenters. The molecule has 0 saturated carbocycles. The Bertz CT molecular complexity index is 903. The van der Waals surface area contributed by atoms with E-state index in [0.29, 0.717) is 17.1 Å². The van der Waals surface area contributed by atoms with Crippen LogP contribution < -0.4 is 14.4 Å². The highest BCUT2D eigenvalue weighted by molar-refractivity contribution is 7.92. The lowest BCUT2D eigenvalue weighted by atomic mass is 10.1. The van der Waals surface area contributed by atoms with Gasteiger partial charge in [-0.1, -0.05) is 12.1 Å². The fourth-order valence-electron chi connectivity index (χ4n) is 2.74. The van der Waals surface area contributed by atoms with Crippen molar-refractivity contribution in [2.75, 3.05) is 22.4 Å². The molecule has 0 atom stereocenters. The summed E-state index contributed by atoms with van der Waals surface area (Å²) in [5.74, 6) is 0.207. The molecule has 0 bridgehead atoms. The summed E-state index contributed by atoms with van der Waals surface area (Å²) in [4.78, 5) is 12.5. The summed E-state index contributed by atoms with van der Waals surface area (Å²) >= 11 is 0. The summed E-state index contributed by atoms with van der Waals surface area (Å²) in [5.41, 5.74) is 2.88. The SMILES string of the molecule is Cc1cc(C)cc(N(CC(=O)Nc2cccc(OC(C)C)c2)S(C)(=O)=O)c1. The van der Waals surface area contributed by atoms with Crippen LogP contribution in [-0.4, -0.2) is 33.2 Å². The van der Waals surface area contributed by atoms with Gasteiger partial charge < -0.3 is 10.1 Å². The molecule has 1 N–H and O–H groups in total. The number of aryl methyl sites for hydroxylation is 2. The van der Waals surface area contributed by atoms with Crippen molar-refractivity contribution in [2.45, 2.75) is 33.8 Å². The smallest absolute Gasteiger partial charge is 0.245 e. The minimum atomic E-state index is -3.62. The van der Waals surface area contributed by atoms with E-state index in [4.69, 9.17) is 4.74 Å². The predicted molar refractivity (Wildman–Crippen MR) is 109 cm³/mol. The summed E-state index contributed by atoms with van der Waals surface area (Å²) in [5, 5.41) is 2.73. The van der Waals surface area contributed by atoms with Crippen molar-refractivity contribution in [1.29, 1.82) is 0 Å². The summed E-state index contributed by atoms with van der Waals surface area (Å²) in [6.07, 6.45) is 1.11. The Morgan fingerprint density at radius 3 is 2.30 bits per heavy atom. The Kier molecular flexibility index (Phi) is 6.49. The summed E-state index contributed by atoms with van der Waals surface area (Å²) in [7, 11) is -3.62. The van der Waals surface area contributed by atoms with Gasteiger partial charge in [0.2, 0.25) is 15.9 Å². The van der Waals surface area contributed by atoms with E-state index in [-0.39, 0.29) is 12.6 Å². The van der Waals surface area contributed by atoms with Gasteiger partial charge in [-0.25, -0.2) is 8.42 Å². The largest absolute Gasteiger partial charge is 0.491 e. The second-order valence-corrected chi connectivity index (χ2v) is 8.76. The predicted octanol–water partition coefficient (Wildman–Crippen LogP) is 3.50. The Morgan fingerprint density at radius 1 is 1.11 bits per heavy atom. The molecule has 6 nitrogen and oxygen atoms in total. The van der Waals surface area contributed by atoms with Gasteiger partial charge in [0.15, 0.2) is 0 Å². The highest BCUT2D eigenvalue weighted by atomic mass is 32.2. The standard InChI is InChI=1S/C20H26N2O4S/c1-14(2)26-19-8-6-7-17(12-19)21-20(23)13-22(27(5,24)25)18-10-15(3)9-16(4)11-18/h6-12,14H,13H2,1-5H3,(H,21,23). The average molecular weight is 391 g/mol. The number of amides is 1. The van der Waals surface area contributed by atoms with E-state index in [1.807, 2.05) is 33.8 Å². The normalized spacial score (nSPS) is 11.3. The second kappa shape index (κ2) is 8.43. The van der Waals surface area contributed by atoms with Gasteiger partial charge in [-0.05, 0) is 63.1 Å². The van der Waals surface area contributed by atoms with Crippen LogP contribution in [0, 0.1) is 13.8 Å². The van der Waals surface area contributed by atoms with Crippen LogP contribution >= 0.6 is 0 Å². The van der Waals surface area contributed by atoms with E-state index in [2.05, 4.69) is 5.32 Å². The maximum absolute atomic E-state index is 12.5. The number of anilines is 2. The number of benzene rings is 2. The van der Waals surface area contributed by atoms with Crippen LogP contribution in [-0.2, 0) is 14.8 Å². The molecule has 2 aromatic carbocycles. The first-order valence-electron chi connectivity index (χ1n) is 8.67. The number of nitrogens with one attached hydrogen (secondary N) is 1. The summed E-state index contributed by atoms with van der Waals surface area (Å²) < 4.78 is 31.2. The molecule has 0 heterocycles. The molecule has 0 aliphatic heterocycles. The molecule has 0 fully saturated rings. The van der Waals surface area contributed by atoms with E-state index in [0.717, 1.165) is 21.7 Å². The number of sulfonamides is 1. The number of ether oxygens (including phenoxy) is 1. The highest BCUT2D eigenvalue weighted by Crippen LogP contribution is 2.22. The van der Waals surface area contributed by atoms with Crippen LogP contribution in [0.3, 0.4) is 0 Å². The van der Waals surface area contributed by atoms with Crippen LogP contribution in [0.25, 0.3) is 0 Å². The minimum Gasteiger partial charge on any atom is -0.491 e. The number of hydrogen-bond donors (Lipinski definition) is 1. The first-order valence-corrected chi connectivity index (χ1v) is 10.5. The molecule has 2 rings (SSSR count). The van der Waals surface area contributed by atoms with Crippen LogP contribution in [0.15, 0.2) is 42.5 Å². The third-order valence-electron chi connectivity index (χ3n) is 3.67. The van der Waals surface area contributed by atoms with Crippen molar-refractivity contribution in [3.05, 3.63) is 53.6 Å². The van der Waals surface area contributed by atoms with Gasteiger partial charge in [0.1, 0.15) is 12.3 Å². The Morgan fingerprint density at radius 2 is 1.74 bits per heavy atom. The number of nitrogens with zero attached hydrogens (tertiary/aromatic N) is 1. The molecule has 146 valence electrons. The first-order chi connectivity index (χ1) is 12.5. The van der Waals surface area contributed by atoms with Gasteiger partial charge in [-0.2, -0.15) is 0 Å². The van der Waals surface area contributed by atoms with Crippen molar-refractivity contribution in [3.63, 3.8) is 0 Å². The highest BCUT2D eigenvalue weighted by Gasteiger charge is 2.21. The third kappa shape index (κ3) is 6.29. The van der Waals surface area contributed by atoms with Crippen molar-refractivity contribution in [2.24, 2.45) is 0 Å². The molecule has 0 aliphatic rings. The topological polar surface area (TPSA) is 75.7 Å². The Hall–Kier alpha value is -2.54. The zero-order chi connectivity index (χ0) is 20.2. The van der Waals surface area contributed by atoms with Gasteiger partial charge >= 0.3 is 0 Å². The van der Waals surface area contributed by atoms with Crippen LogP contribution in [0.2, 0.25) is 0 Å². The fourth-order valence-corrected chi connectivity index (χ4v) is 3.59. The molecule has 7 heteroatoms. The van der Waals surface area contributed by atoms with Gasteiger partial charge in [0, 0.05) is 11.8 Å². The van der Waals surface area contributed by atoms with Crippen molar-refractivity contribution in [1.82, 2.24) is 0 Å². The molecule has 27 heavy (non-hydrogen) atoms. The van der Waals surface area contributed by atoms with Gasteiger partial charge in [0.25, 0.3) is 0 Å². The number of carbonyl (C=O) groups is 1. The minimum absolute atomic E-state index is 0.0150. The molecular formula is C20H26N2O4S. The zero-order valence-corrected chi connectivity index (χ0v) is 17.1.